The monoisotopic (exact) mass is 293 g/mol. The van der Waals surface area contributed by atoms with Crippen LogP contribution in [0.25, 0.3) is 0 Å². The molecular formula is C13H12ClN3O3. The van der Waals surface area contributed by atoms with Crippen LogP contribution in [0, 0.1) is 0 Å². The predicted octanol–water partition coefficient (Wildman–Crippen LogP) is 2.48. The number of halogens is 1. The SMILES string of the molecule is CNc1ncc(Cl)c(OCc2ccc3c(c2)OCO3)n1. The largest absolute Gasteiger partial charge is 0.472 e. The Bertz CT molecular complexity index is 636. The minimum Gasteiger partial charge on any atom is -0.472 e. The first-order valence-electron chi connectivity index (χ1n) is 5.98. The molecule has 0 saturated carbocycles. The van der Waals surface area contributed by atoms with Gasteiger partial charge < -0.3 is 19.5 Å². The Hall–Kier alpha value is -2.21. The molecule has 2 aromatic rings. The molecule has 0 atom stereocenters. The number of hydrogen-bond donors (Lipinski definition) is 1. The van der Waals surface area contributed by atoms with E-state index >= 15 is 0 Å². The second-order valence-electron chi connectivity index (χ2n) is 4.07. The van der Waals surface area contributed by atoms with E-state index in [9.17, 15) is 0 Å². The molecule has 0 saturated heterocycles. The van der Waals surface area contributed by atoms with Crippen LogP contribution in [0.1, 0.15) is 5.56 Å². The van der Waals surface area contributed by atoms with Crippen molar-refractivity contribution in [2.45, 2.75) is 6.61 Å². The normalized spacial score (nSPS) is 12.3. The molecule has 1 aliphatic heterocycles. The molecule has 2 heterocycles. The Morgan fingerprint density at radius 2 is 2.20 bits per heavy atom. The van der Waals surface area contributed by atoms with Crippen molar-refractivity contribution in [1.82, 2.24) is 9.97 Å². The van der Waals surface area contributed by atoms with Gasteiger partial charge in [-0.25, -0.2) is 4.98 Å². The van der Waals surface area contributed by atoms with Crippen molar-refractivity contribution in [2.75, 3.05) is 19.2 Å². The molecular weight excluding hydrogens is 282 g/mol. The number of anilines is 1. The van der Waals surface area contributed by atoms with Gasteiger partial charge in [0.2, 0.25) is 18.6 Å². The number of fused-ring (bicyclic) bond motifs is 1. The van der Waals surface area contributed by atoms with Crippen LogP contribution in [0.5, 0.6) is 17.4 Å². The number of hydrogen-bond acceptors (Lipinski definition) is 6. The molecule has 0 fully saturated rings. The van der Waals surface area contributed by atoms with E-state index in [-0.39, 0.29) is 6.79 Å². The van der Waals surface area contributed by atoms with Crippen molar-refractivity contribution in [3.63, 3.8) is 0 Å². The summed E-state index contributed by atoms with van der Waals surface area (Å²) in [4.78, 5) is 8.13. The molecule has 0 unspecified atom stereocenters. The summed E-state index contributed by atoms with van der Waals surface area (Å²) in [5.74, 6) is 2.25. The van der Waals surface area contributed by atoms with Gasteiger partial charge in [-0.1, -0.05) is 17.7 Å². The summed E-state index contributed by atoms with van der Waals surface area (Å²) in [5, 5.41) is 3.19. The number of aromatic nitrogens is 2. The molecule has 7 heteroatoms. The van der Waals surface area contributed by atoms with E-state index in [1.54, 1.807) is 7.05 Å². The molecule has 0 aliphatic carbocycles. The van der Waals surface area contributed by atoms with Crippen LogP contribution in [-0.4, -0.2) is 23.8 Å². The van der Waals surface area contributed by atoms with Crippen LogP contribution in [0.3, 0.4) is 0 Å². The molecule has 1 aromatic carbocycles. The van der Waals surface area contributed by atoms with Crippen molar-refractivity contribution in [1.29, 1.82) is 0 Å². The average molecular weight is 294 g/mol. The standard InChI is InChI=1S/C13H12ClN3O3/c1-15-13-16-5-9(14)12(17-13)18-6-8-2-3-10-11(4-8)20-7-19-10/h2-5H,6-7H2,1H3,(H,15,16,17). The van der Waals surface area contributed by atoms with Crippen LogP contribution in [0.4, 0.5) is 5.95 Å². The second kappa shape index (κ2) is 5.42. The Labute approximate surface area is 120 Å². The zero-order chi connectivity index (χ0) is 13.9. The summed E-state index contributed by atoms with van der Waals surface area (Å²) < 4.78 is 16.2. The van der Waals surface area contributed by atoms with Gasteiger partial charge in [-0.15, -0.1) is 0 Å². The molecule has 1 aliphatic rings. The van der Waals surface area contributed by atoms with Gasteiger partial charge in [0.25, 0.3) is 0 Å². The fraction of sp³-hybridized carbons (Fsp3) is 0.231. The average Bonchev–Trinajstić information content (AvgIpc) is 2.94. The third-order valence-corrected chi connectivity index (χ3v) is 3.01. The second-order valence-corrected chi connectivity index (χ2v) is 4.48. The van der Waals surface area contributed by atoms with E-state index in [0.717, 1.165) is 17.1 Å². The minimum atomic E-state index is 0.253. The first-order chi connectivity index (χ1) is 9.76. The van der Waals surface area contributed by atoms with Crippen LogP contribution in [0.15, 0.2) is 24.4 Å². The maximum atomic E-state index is 5.99. The van der Waals surface area contributed by atoms with Crippen molar-refractivity contribution < 1.29 is 14.2 Å². The highest BCUT2D eigenvalue weighted by atomic mass is 35.5. The zero-order valence-electron chi connectivity index (χ0n) is 10.7. The molecule has 0 amide bonds. The van der Waals surface area contributed by atoms with Crippen LogP contribution in [-0.2, 0) is 6.61 Å². The number of nitrogens with zero attached hydrogens (tertiary/aromatic N) is 2. The Morgan fingerprint density at radius 1 is 1.35 bits per heavy atom. The predicted molar refractivity (Wildman–Crippen MR) is 73.5 cm³/mol. The van der Waals surface area contributed by atoms with E-state index in [2.05, 4.69) is 15.3 Å². The number of nitrogens with one attached hydrogen (secondary N) is 1. The number of rotatable bonds is 4. The van der Waals surface area contributed by atoms with Gasteiger partial charge in [0.1, 0.15) is 11.6 Å². The quantitative estimate of drug-likeness (QED) is 0.934. The maximum Gasteiger partial charge on any atom is 0.237 e. The summed E-state index contributed by atoms with van der Waals surface area (Å²) in [6, 6.07) is 5.62. The van der Waals surface area contributed by atoms with E-state index in [4.69, 9.17) is 25.8 Å². The Balaban J connectivity index is 1.73. The molecule has 0 bridgehead atoms. The molecule has 3 rings (SSSR count). The molecule has 1 aromatic heterocycles. The zero-order valence-corrected chi connectivity index (χ0v) is 11.5. The van der Waals surface area contributed by atoms with Gasteiger partial charge in [0, 0.05) is 7.05 Å². The number of ether oxygens (including phenoxy) is 3. The third-order valence-electron chi connectivity index (χ3n) is 2.75. The first-order valence-corrected chi connectivity index (χ1v) is 6.35. The van der Waals surface area contributed by atoms with Gasteiger partial charge in [0.15, 0.2) is 11.5 Å². The summed E-state index contributed by atoms with van der Waals surface area (Å²) in [6.07, 6.45) is 1.50. The van der Waals surface area contributed by atoms with Gasteiger partial charge in [-0.05, 0) is 17.7 Å². The highest BCUT2D eigenvalue weighted by molar-refractivity contribution is 6.31. The van der Waals surface area contributed by atoms with Crippen LogP contribution >= 0.6 is 11.6 Å². The van der Waals surface area contributed by atoms with Crippen molar-refractivity contribution in [3.8, 4) is 17.4 Å². The van der Waals surface area contributed by atoms with Crippen molar-refractivity contribution in [2.24, 2.45) is 0 Å². The van der Waals surface area contributed by atoms with E-state index in [1.807, 2.05) is 18.2 Å². The molecule has 0 spiro atoms. The van der Waals surface area contributed by atoms with Gasteiger partial charge in [-0.3, -0.25) is 0 Å². The summed E-state index contributed by atoms with van der Waals surface area (Å²) in [5.41, 5.74) is 0.940. The highest BCUT2D eigenvalue weighted by Gasteiger charge is 2.14. The molecule has 6 nitrogen and oxygen atoms in total. The molecule has 1 N–H and O–H groups in total. The fourth-order valence-electron chi connectivity index (χ4n) is 1.76. The summed E-state index contributed by atoms with van der Waals surface area (Å²) in [6.45, 7) is 0.583. The first kappa shape index (κ1) is 12.8. The lowest BCUT2D eigenvalue weighted by atomic mass is 10.2. The Kier molecular flexibility index (Phi) is 3.47. The lowest BCUT2D eigenvalue weighted by molar-refractivity contribution is 0.174. The maximum absolute atomic E-state index is 5.99. The topological polar surface area (TPSA) is 65.5 Å². The minimum absolute atomic E-state index is 0.253. The third kappa shape index (κ3) is 2.55. The summed E-state index contributed by atoms with van der Waals surface area (Å²) >= 11 is 5.99. The summed E-state index contributed by atoms with van der Waals surface area (Å²) in [7, 11) is 1.73. The van der Waals surface area contributed by atoms with E-state index < -0.39 is 0 Å². The van der Waals surface area contributed by atoms with E-state index in [0.29, 0.717) is 23.5 Å². The van der Waals surface area contributed by atoms with Gasteiger partial charge in [-0.2, -0.15) is 4.98 Å². The molecule has 0 radical (unpaired) electrons. The highest BCUT2D eigenvalue weighted by Crippen LogP contribution is 2.33. The van der Waals surface area contributed by atoms with Crippen LogP contribution in [0.2, 0.25) is 5.02 Å². The molecule has 20 heavy (non-hydrogen) atoms. The van der Waals surface area contributed by atoms with E-state index in [1.165, 1.54) is 6.20 Å². The molecule has 104 valence electrons. The lowest BCUT2D eigenvalue weighted by Gasteiger charge is -2.08. The lowest BCUT2D eigenvalue weighted by Crippen LogP contribution is -2.02. The van der Waals surface area contributed by atoms with Crippen LogP contribution < -0.4 is 19.5 Å². The smallest absolute Gasteiger partial charge is 0.237 e. The van der Waals surface area contributed by atoms with Gasteiger partial charge >= 0.3 is 0 Å². The Morgan fingerprint density at radius 3 is 3.05 bits per heavy atom. The van der Waals surface area contributed by atoms with Gasteiger partial charge in [0.05, 0.1) is 6.20 Å². The fourth-order valence-corrected chi connectivity index (χ4v) is 1.90. The van der Waals surface area contributed by atoms with Crippen molar-refractivity contribution in [3.05, 3.63) is 35.0 Å². The van der Waals surface area contributed by atoms with Crippen molar-refractivity contribution >= 4 is 17.5 Å². The number of benzene rings is 1.